The maximum Gasteiger partial charge on any atom is 0.242 e. The average molecular weight is 343 g/mol. The Kier molecular flexibility index (Phi) is 6.99. The highest BCUT2D eigenvalue weighted by molar-refractivity contribution is 5.85. The molecular formula is C15H20ClFN4O2. The summed E-state index contributed by atoms with van der Waals surface area (Å²) in [5.41, 5.74) is 1.15. The number of hydrogen-bond acceptors (Lipinski definition) is 4. The third-order valence-corrected chi connectivity index (χ3v) is 3.32. The number of benzene rings is 1. The lowest BCUT2D eigenvalue weighted by atomic mass is 10.1. The number of rotatable bonds is 6. The molecule has 1 amide bonds. The van der Waals surface area contributed by atoms with Gasteiger partial charge in [0, 0.05) is 37.0 Å². The van der Waals surface area contributed by atoms with E-state index >= 15 is 0 Å². The van der Waals surface area contributed by atoms with Crippen molar-refractivity contribution in [3.63, 3.8) is 0 Å². The van der Waals surface area contributed by atoms with Gasteiger partial charge in [-0.2, -0.15) is 5.10 Å². The zero-order valence-corrected chi connectivity index (χ0v) is 14.0. The van der Waals surface area contributed by atoms with E-state index in [1.54, 1.807) is 43.3 Å². The van der Waals surface area contributed by atoms with Gasteiger partial charge in [0.25, 0.3) is 0 Å². The monoisotopic (exact) mass is 342 g/mol. The summed E-state index contributed by atoms with van der Waals surface area (Å²) in [7, 11) is 4.94. The summed E-state index contributed by atoms with van der Waals surface area (Å²) in [5.74, 6) is -0.219. The number of hydrogen-bond donors (Lipinski definition) is 2. The number of amides is 1. The Morgan fingerprint density at radius 2 is 2.22 bits per heavy atom. The molecule has 8 heteroatoms. The van der Waals surface area contributed by atoms with E-state index < -0.39 is 11.9 Å². The second-order valence-corrected chi connectivity index (χ2v) is 4.84. The van der Waals surface area contributed by atoms with Crippen LogP contribution in [-0.2, 0) is 18.4 Å². The fraction of sp³-hybridized carbons (Fsp3) is 0.333. The fourth-order valence-electron chi connectivity index (χ4n) is 2.12. The van der Waals surface area contributed by atoms with Crippen molar-refractivity contribution in [2.24, 2.45) is 7.05 Å². The van der Waals surface area contributed by atoms with Crippen LogP contribution in [0.25, 0.3) is 0 Å². The maximum atomic E-state index is 13.8. The lowest BCUT2D eigenvalue weighted by molar-refractivity contribution is -0.123. The number of nitrogens with zero attached hydrogens (tertiary/aromatic N) is 2. The Bertz CT molecular complexity index is 663. The van der Waals surface area contributed by atoms with Gasteiger partial charge in [-0.15, -0.1) is 12.4 Å². The molecule has 1 aromatic heterocycles. The van der Waals surface area contributed by atoms with Crippen LogP contribution in [0.3, 0.4) is 0 Å². The first-order valence-electron chi connectivity index (χ1n) is 6.81. The van der Waals surface area contributed by atoms with Gasteiger partial charge in [-0.05, 0) is 13.1 Å². The molecule has 0 saturated carbocycles. The molecule has 126 valence electrons. The Labute approximate surface area is 140 Å². The quantitative estimate of drug-likeness (QED) is 0.836. The van der Waals surface area contributed by atoms with Crippen molar-refractivity contribution in [1.82, 2.24) is 20.4 Å². The molecule has 0 aliphatic rings. The Morgan fingerprint density at radius 1 is 1.48 bits per heavy atom. The van der Waals surface area contributed by atoms with Crippen molar-refractivity contribution < 1.29 is 13.9 Å². The van der Waals surface area contributed by atoms with Gasteiger partial charge in [0.15, 0.2) is 0 Å². The SMILES string of the molecule is CNC(C(=O)NCc1ccc(OC)cc1F)c1cnn(C)c1.Cl. The summed E-state index contributed by atoms with van der Waals surface area (Å²) in [5, 5.41) is 9.68. The minimum Gasteiger partial charge on any atom is -0.497 e. The molecule has 1 heterocycles. The Hall–Kier alpha value is -2.12. The largest absolute Gasteiger partial charge is 0.497 e. The lowest BCUT2D eigenvalue weighted by Crippen LogP contribution is -2.35. The van der Waals surface area contributed by atoms with Gasteiger partial charge in [0.2, 0.25) is 5.91 Å². The molecule has 1 atom stereocenters. The molecule has 0 aliphatic heterocycles. The van der Waals surface area contributed by atoms with Gasteiger partial charge in [0.05, 0.1) is 13.3 Å². The standard InChI is InChI=1S/C15H19FN4O2.ClH/c1-17-14(11-8-19-20(2)9-11)15(21)18-7-10-4-5-12(22-3)6-13(10)16;/h4-6,8-9,14,17H,7H2,1-3H3,(H,18,21);1H. The highest BCUT2D eigenvalue weighted by Crippen LogP contribution is 2.17. The number of carbonyl (C=O) groups is 1. The number of halogens is 2. The van der Waals surface area contributed by atoms with Crippen LogP contribution in [0, 0.1) is 5.82 Å². The van der Waals surface area contributed by atoms with Crippen LogP contribution < -0.4 is 15.4 Å². The molecule has 0 aliphatic carbocycles. The topological polar surface area (TPSA) is 68.2 Å². The van der Waals surface area contributed by atoms with Crippen LogP contribution in [0.4, 0.5) is 4.39 Å². The van der Waals surface area contributed by atoms with E-state index in [1.807, 2.05) is 0 Å². The molecule has 0 spiro atoms. The van der Waals surface area contributed by atoms with Crippen molar-refractivity contribution in [2.45, 2.75) is 12.6 Å². The van der Waals surface area contributed by atoms with Crippen LogP contribution in [0.15, 0.2) is 30.6 Å². The van der Waals surface area contributed by atoms with E-state index in [-0.39, 0.29) is 24.9 Å². The average Bonchev–Trinajstić information content (AvgIpc) is 2.93. The molecule has 0 bridgehead atoms. The van der Waals surface area contributed by atoms with Gasteiger partial charge in [-0.3, -0.25) is 9.48 Å². The molecule has 0 saturated heterocycles. The first-order valence-corrected chi connectivity index (χ1v) is 6.81. The summed E-state index contributed by atoms with van der Waals surface area (Å²) in [6, 6.07) is 4.00. The number of methoxy groups -OCH3 is 1. The highest BCUT2D eigenvalue weighted by atomic mass is 35.5. The van der Waals surface area contributed by atoms with Gasteiger partial charge >= 0.3 is 0 Å². The van der Waals surface area contributed by atoms with Crippen LogP contribution in [0.2, 0.25) is 0 Å². The predicted molar refractivity (Wildman–Crippen MR) is 87.1 cm³/mol. The van der Waals surface area contributed by atoms with Crippen LogP contribution in [0.5, 0.6) is 5.75 Å². The normalized spacial score (nSPS) is 11.5. The summed E-state index contributed by atoms with van der Waals surface area (Å²) >= 11 is 0. The van der Waals surface area contributed by atoms with Crippen molar-refractivity contribution in [3.05, 3.63) is 47.5 Å². The maximum absolute atomic E-state index is 13.8. The summed E-state index contributed by atoms with van der Waals surface area (Å²) in [6.45, 7) is 0.104. The highest BCUT2D eigenvalue weighted by Gasteiger charge is 2.20. The second kappa shape index (κ2) is 8.50. The van der Waals surface area contributed by atoms with E-state index in [2.05, 4.69) is 15.7 Å². The van der Waals surface area contributed by atoms with Crippen molar-refractivity contribution in [3.8, 4) is 5.75 Å². The first-order chi connectivity index (χ1) is 10.5. The van der Waals surface area contributed by atoms with Crippen LogP contribution in [-0.4, -0.2) is 29.8 Å². The van der Waals surface area contributed by atoms with E-state index in [4.69, 9.17) is 4.74 Å². The number of nitrogens with one attached hydrogen (secondary N) is 2. The van der Waals surface area contributed by atoms with E-state index in [9.17, 15) is 9.18 Å². The van der Waals surface area contributed by atoms with Crippen LogP contribution >= 0.6 is 12.4 Å². The summed E-state index contributed by atoms with van der Waals surface area (Å²) < 4.78 is 20.4. The predicted octanol–water partition coefficient (Wildman–Crippen LogP) is 1.57. The Morgan fingerprint density at radius 3 is 2.74 bits per heavy atom. The summed E-state index contributed by atoms with van der Waals surface area (Å²) in [4.78, 5) is 12.2. The smallest absolute Gasteiger partial charge is 0.242 e. The minimum atomic E-state index is -0.532. The van der Waals surface area contributed by atoms with E-state index in [0.717, 1.165) is 5.56 Å². The zero-order chi connectivity index (χ0) is 16.1. The fourth-order valence-corrected chi connectivity index (χ4v) is 2.12. The molecule has 2 N–H and O–H groups in total. The van der Waals surface area contributed by atoms with Gasteiger partial charge in [-0.25, -0.2) is 4.39 Å². The third-order valence-electron chi connectivity index (χ3n) is 3.32. The Balaban J connectivity index is 0.00000264. The molecule has 0 fully saturated rings. The molecule has 2 rings (SSSR count). The first kappa shape index (κ1) is 18.9. The second-order valence-electron chi connectivity index (χ2n) is 4.84. The third kappa shape index (κ3) is 4.67. The number of ether oxygens (including phenoxy) is 1. The molecule has 6 nitrogen and oxygen atoms in total. The van der Waals surface area contributed by atoms with Crippen molar-refractivity contribution >= 4 is 18.3 Å². The minimum absolute atomic E-state index is 0. The number of likely N-dealkylation sites (N-methyl/N-ethyl adjacent to an activating group) is 1. The van der Waals surface area contributed by atoms with Crippen LogP contribution in [0.1, 0.15) is 17.2 Å². The number of aromatic nitrogens is 2. The summed E-state index contributed by atoms with van der Waals surface area (Å²) in [6.07, 6.45) is 3.38. The van der Waals surface area contributed by atoms with E-state index in [0.29, 0.717) is 11.3 Å². The molecule has 23 heavy (non-hydrogen) atoms. The van der Waals surface area contributed by atoms with Crippen molar-refractivity contribution in [2.75, 3.05) is 14.2 Å². The lowest BCUT2D eigenvalue weighted by Gasteiger charge is -2.15. The number of aryl methyl sites for hydroxylation is 1. The van der Waals surface area contributed by atoms with Gasteiger partial charge in [-0.1, -0.05) is 6.07 Å². The van der Waals surface area contributed by atoms with Gasteiger partial charge in [0.1, 0.15) is 17.6 Å². The van der Waals surface area contributed by atoms with Crippen molar-refractivity contribution in [1.29, 1.82) is 0 Å². The molecular weight excluding hydrogens is 323 g/mol. The number of carbonyl (C=O) groups excluding carboxylic acids is 1. The zero-order valence-electron chi connectivity index (χ0n) is 13.2. The molecule has 2 aromatic rings. The van der Waals surface area contributed by atoms with Gasteiger partial charge < -0.3 is 15.4 Å². The molecule has 1 unspecified atom stereocenters. The van der Waals surface area contributed by atoms with E-state index in [1.165, 1.54) is 13.2 Å². The molecule has 1 aromatic carbocycles. The molecule has 0 radical (unpaired) electrons.